The SMILES string of the molecule is Fc1cc(F)c(C2CCCC2)c(F)c1. The first-order valence-corrected chi connectivity index (χ1v) is 4.83. The van der Waals surface area contributed by atoms with Crippen LogP contribution in [0.4, 0.5) is 13.2 Å². The number of rotatable bonds is 1. The quantitative estimate of drug-likeness (QED) is 0.647. The maximum absolute atomic E-state index is 13.3. The van der Waals surface area contributed by atoms with Gasteiger partial charge < -0.3 is 0 Å². The zero-order valence-corrected chi connectivity index (χ0v) is 7.69. The summed E-state index contributed by atoms with van der Waals surface area (Å²) < 4.78 is 39.2. The second-order valence-electron chi connectivity index (χ2n) is 3.76. The van der Waals surface area contributed by atoms with Crippen LogP contribution in [0.15, 0.2) is 12.1 Å². The van der Waals surface area contributed by atoms with Gasteiger partial charge in [-0.15, -0.1) is 0 Å². The van der Waals surface area contributed by atoms with E-state index in [4.69, 9.17) is 0 Å². The number of benzene rings is 1. The summed E-state index contributed by atoms with van der Waals surface area (Å²) in [4.78, 5) is 0. The van der Waals surface area contributed by atoms with E-state index in [1.165, 1.54) is 0 Å². The van der Waals surface area contributed by atoms with E-state index < -0.39 is 17.5 Å². The lowest BCUT2D eigenvalue weighted by atomic mass is 9.96. The molecule has 0 bridgehead atoms. The molecule has 0 amide bonds. The van der Waals surface area contributed by atoms with Crippen molar-refractivity contribution < 1.29 is 13.2 Å². The molecule has 1 aromatic rings. The Bertz CT molecular complexity index is 317. The van der Waals surface area contributed by atoms with Gasteiger partial charge in [-0.25, -0.2) is 13.2 Å². The Morgan fingerprint density at radius 3 is 1.93 bits per heavy atom. The van der Waals surface area contributed by atoms with Crippen LogP contribution in [0.1, 0.15) is 37.2 Å². The van der Waals surface area contributed by atoms with Gasteiger partial charge in [0, 0.05) is 17.7 Å². The standard InChI is InChI=1S/C11H11F3/c12-8-5-9(13)11(10(14)6-8)7-3-1-2-4-7/h5-7H,1-4H2. The first-order chi connectivity index (χ1) is 6.68. The van der Waals surface area contributed by atoms with E-state index in [1.807, 2.05) is 0 Å². The van der Waals surface area contributed by atoms with Crippen LogP contribution >= 0.6 is 0 Å². The molecule has 0 heterocycles. The molecule has 2 rings (SSSR count). The van der Waals surface area contributed by atoms with Crippen LogP contribution in [-0.4, -0.2) is 0 Å². The fourth-order valence-corrected chi connectivity index (χ4v) is 2.16. The molecule has 3 heteroatoms. The van der Waals surface area contributed by atoms with Crippen molar-refractivity contribution >= 4 is 0 Å². The first-order valence-electron chi connectivity index (χ1n) is 4.83. The molecule has 0 radical (unpaired) electrons. The van der Waals surface area contributed by atoms with Crippen LogP contribution in [0.25, 0.3) is 0 Å². The molecule has 0 nitrogen and oxygen atoms in total. The summed E-state index contributed by atoms with van der Waals surface area (Å²) in [6.45, 7) is 0. The topological polar surface area (TPSA) is 0 Å². The van der Waals surface area contributed by atoms with E-state index in [2.05, 4.69) is 0 Å². The zero-order chi connectivity index (χ0) is 10.1. The minimum absolute atomic E-state index is 0.0596. The number of halogens is 3. The summed E-state index contributed by atoms with van der Waals surface area (Å²) in [5, 5.41) is 0. The molecule has 0 atom stereocenters. The molecule has 0 saturated heterocycles. The van der Waals surface area contributed by atoms with Crippen molar-refractivity contribution in [2.75, 3.05) is 0 Å². The van der Waals surface area contributed by atoms with Gasteiger partial charge in [-0.1, -0.05) is 12.8 Å². The Labute approximate surface area is 80.7 Å². The highest BCUT2D eigenvalue weighted by Crippen LogP contribution is 2.36. The van der Waals surface area contributed by atoms with Crippen LogP contribution in [-0.2, 0) is 0 Å². The Morgan fingerprint density at radius 2 is 1.43 bits per heavy atom. The summed E-state index contributed by atoms with van der Waals surface area (Å²) in [7, 11) is 0. The summed E-state index contributed by atoms with van der Waals surface area (Å²) in [6.07, 6.45) is 3.61. The van der Waals surface area contributed by atoms with E-state index in [0.29, 0.717) is 0 Å². The van der Waals surface area contributed by atoms with Crippen molar-refractivity contribution in [3.8, 4) is 0 Å². The van der Waals surface area contributed by atoms with Crippen LogP contribution in [0, 0.1) is 17.5 Å². The van der Waals surface area contributed by atoms with Crippen LogP contribution in [0.5, 0.6) is 0 Å². The third kappa shape index (κ3) is 1.63. The summed E-state index contributed by atoms with van der Waals surface area (Å²) in [5.74, 6) is -2.39. The second kappa shape index (κ2) is 3.64. The van der Waals surface area contributed by atoms with Gasteiger partial charge in [-0.2, -0.15) is 0 Å². The van der Waals surface area contributed by atoms with Gasteiger partial charge in [0.15, 0.2) is 0 Å². The van der Waals surface area contributed by atoms with Crippen LogP contribution < -0.4 is 0 Å². The molecule has 1 aromatic carbocycles. The van der Waals surface area contributed by atoms with Gasteiger partial charge in [0.25, 0.3) is 0 Å². The van der Waals surface area contributed by atoms with Gasteiger partial charge in [-0.3, -0.25) is 0 Å². The predicted molar refractivity (Wildman–Crippen MR) is 47.5 cm³/mol. The molecule has 0 unspecified atom stereocenters. The molecule has 0 N–H and O–H groups in total. The minimum atomic E-state index is -0.846. The molecule has 1 saturated carbocycles. The lowest BCUT2D eigenvalue weighted by Crippen LogP contribution is -2.02. The van der Waals surface area contributed by atoms with E-state index in [1.54, 1.807) is 0 Å². The smallest absolute Gasteiger partial charge is 0.132 e. The Balaban J connectivity index is 2.40. The lowest BCUT2D eigenvalue weighted by Gasteiger charge is -2.11. The van der Waals surface area contributed by atoms with Crippen molar-refractivity contribution in [1.82, 2.24) is 0 Å². The average molecular weight is 200 g/mol. The van der Waals surface area contributed by atoms with Gasteiger partial charge >= 0.3 is 0 Å². The molecule has 0 aromatic heterocycles. The molecule has 76 valence electrons. The van der Waals surface area contributed by atoms with E-state index >= 15 is 0 Å². The minimum Gasteiger partial charge on any atom is -0.207 e. The molecular formula is C11H11F3. The highest BCUT2D eigenvalue weighted by molar-refractivity contribution is 5.25. The van der Waals surface area contributed by atoms with E-state index in [9.17, 15) is 13.2 Å². The van der Waals surface area contributed by atoms with Crippen molar-refractivity contribution in [1.29, 1.82) is 0 Å². The van der Waals surface area contributed by atoms with Crippen LogP contribution in [0.3, 0.4) is 0 Å². The molecule has 14 heavy (non-hydrogen) atoms. The molecule has 0 aliphatic heterocycles. The monoisotopic (exact) mass is 200 g/mol. The predicted octanol–water partition coefficient (Wildman–Crippen LogP) is 3.76. The van der Waals surface area contributed by atoms with Crippen molar-refractivity contribution in [3.05, 3.63) is 35.1 Å². The third-order valence-electron chi connectivity index (χ3n) is 2.81. The maximum Gasteiger partial charge on any atom is 0.132 e. The van der Waals surface area contributed by atoms with Crippen LogP contribution in [0.2, 0.25) is 0 Å². The van der Waals surface area contributed by atoms with E-state index in [-0.39, 0.29) is 11.5 Å². The lowest BCUT2D eigenvalue weighted by molar-refractivity contribution is 0.501. The first kappa shape index (κ1) is 9.56. The normalized spacial score (nSPS) is 17.6. The van der Waals surface area contributed by atoms with Gasteiger partial charge in [0.05, 0.1) is 0 Å². The molecule has 1 aliphatic carbocycles. The molecule has 1 fully saturated rings. The number of hydrogen-bond acceptors (Lipinski definition) is 0. The van der Waals surface area contributed by atoms with Crippen molar-refractivity contribution in [2.24, 2.45) is 0 Å². The second-order valence-corrected chi connectivity index (χ2v) is 3.76. The highest BCUT2D eigenvalue weighted by atomic mass is 19.1. The number of hydrogen-bond donors (Lipinski definition) is 0. The summed E-state index contributed by atoms with van der Waals surface area (Å²) in [5.41, 5.74) is 0.0731. The molecular weight excluding hydrogens is 189 g/mol. The summed E-state index contributed by atoms with van der Waals surface area (Å²) >= 11 is 0. The van der Waals surface area contributed by atoms with Gasteiger partial charge in [-0.05, 0) is 18.8 Å². The van der Waals surface area contributed by atoms with E-state index in [0.717, 1.165) is 37.8 Å². The average Bonchev–Trinajstić information content (AvgIpc) is 2.54. The van der Waals surface area contributed by atoms with Crippen molar-refractivity contribution in [3.63, 3.8) is 0 Å². The fraction of sp³-hybridized carbons (Fsp3) is 0.455. The Morgan fingerprint density at radius 1 is 0.929 bits per heavy atom. The van der Waals surface area contributed by atoms with Gasteiger partial charge in [0.2, 0.25) is 0 Å². The van der Waals surface area contributed by atoms with Crippen molar-refractivity contribution in [2.45, 2.75) is 31.6 Å². The molecule has 0 spiro atoms. The Hall–Kier alpha value is -0.990. The fourth-order valence-electron chi connectivity index (χ4n) is 2.16. The largest absolute Gasteiger partial charge is 0.207 e. The third-order valence-corrected chi connectivity index (χ3v) is 2.81. The highest BCUT2D eigenvalue weighted by Gasteiger charge is 2.24. The Kier molecular flexibility index (Phi) is 2.48. The maximum atomic E-state index is 13.3. The van der Waals surface area contributed by atoms with Gasteiger partial charge in [0.1, 0.15) is 17.5 Å². The molecule has 1 aliphatic rings. The zero-order valence-electron chi connectivity index (χ0n) is 7.69. The summed E-state index contributed by atoms with van der Waals surface area (Å²) in [6, 6.07) is 1.52.